The monoisotopic (exact) mass is 341 g/mol. The molecule has 3 rings (SSSR count). The van der Waals surface area contributed by atoms with Crippen LogP contribution in [0.5, 0.6) is 5.75 Å². The second-order valence-corrected chi connectivity index (χ2v) is 6.90. The van der Waals surface area contributed by atoms with Gasteiger partial charge in [-0.15, -0.1) is 0 Å². The molecule has 0 spiro atoms. The van der Waals surface area contributed by atoms with Crippen LogP contribution < -0.4 is 15.4 Å². The van der Waals surface area contributed by atoms with Crippen LogP contribution in [0.1, 0.15) is 13.8 Å². The number of anilines is 2. The summed E-state index contributed by atoms with van der Waals surface area (Å²) >= 11 is 1.69. The fourth-order valence-electron chi connectivity index (χ4n) is 2.35. The summed E-state index contributed by atoms with van der Waals surface area (Å²) in [5.41, 5.74) is 0.893. The number of carbonyl (C=O) groups is 1. The van der Waals surface area contributed by atoms with Gasteiger partial charge in [0, 0.05) is 15.9 Å². The van der Waals surface area contributed by atoms with Gasteiger partial charge in [-0.3, -0.25) is 9.59 Å². The highest BCUT2D eigenvalue weighted by atomic mass is 32.2. The molecule has 1 aliphatic rings. The van der Waals surface area contributed by atoms with Crippen molar-refractivity contribution >= 4 is 35.3 Å². The molecule has 1 heterocycles. The van der Waals surface area contributed by atoms with Crippen molar-refractivity contribution in [3.05, 3.63) is 42.5 Å². The zero-order chi connectivity index (χ0) is 17.2. The molecule has 2 N–H and O–H groups in total. The Morgan fingerprint density at radius 1 is 1.21 bits per heavy atom. The first-order chi connectivity index (χ1) is 11.5. The van der Waals surface area contributed by atoms with Crippen molar-refractivity contribution in [2.24, 2.45) is 0 Å². The Morgan fingerprint density at radius 2 is 1.96 bits per heavy atom. The van der Waals surface area contributed by atoms with Crippen LogP contribution in [0.2, 0.25) is 0 Å². The van der Waals surface area contributed by atoms with Crippen LogP contribution in [0.4, 0.5) is 11.4 Å². The van der Waals surface area contributed by atoms with Gasteiger partial charge in [-0.25, -0.2) is 0 Å². The molecule has 6 heteroatoms. The number of benzene rings is 2. The van der Waals surface area contributed by atoms with Crippen molar-refractivity contribution in [1.29, 1.82) is 0 Å². The minimum Gasteiger partial charge on any atom is -0.478 e. The van der Waals surface area contributed by atoms with Crippen LogP contribution in [-0.2, 0) is 9.59 Å². The normalized spacial score (nSPS) is 12.4. The molecule has 1 aliphatic heterocycles. The van der Waals surface area contributed by atoms with Gasteiger partial charge < -0.3 is 15.4 Å². The van der Waals surface area contributed by atoms with Crippen molar-refractivity contribution < 1.29 is 14.3 Å². The lowest BCUT2D eigenvalue weighted by Gasteiger charge is -2.26. The van der Waals surface area contributed by atoms with Crippen molar-refractivity contribution in [1.82, 2.24) is 5.32 Å². The summed E-state index contributed by atoms with van der Waals surface area (Å²) in [6.07, 6.45) is 1.63. The lowest BCUT2D eigenvalue weighted by atomic mass is 10.1. The molecule has 123 valence electrons. The van der Waals surface area contributed by atoms with Crippen LogP contribution in [0.3, 0.4) is 0 Å². The quantitative estimate of drug-likeness (QED) is 0.745. The predicted molar refractivity (Wildman–Crippen MR) is 93.7 cm³/mol. The van der Waals surface area contributed by atoms with Gasteiger partial charge in [0.15, 0.2) is 5.60 Å². The number of carbonyl (C=O) groups excluding carboxylic acids is 2. The van der Waals surface area contributed by atoms with Crippen molar-refractivity contribution in [3.63, 3.8) is 0 Å². The Labute approximate surface area is 144 Å². The van der Waals surface area contributed by atoms with E-state index in [1.165, 1.54) is 4.90 Å². The lowest BCUT2D eigenvalue weighted by Crippen LogP contribution is -2.47. The number of hydrogen-bond acceptors (Lipinski definition) is 5. The maximum absolute atomic E-state index is 12.0. The fourth-order valence-corrected chi connectivity index (χ4v) is 3.32. The Kier molecular flexibility index (Phi) is 4.49. The second-order valence-electron chi connectivity index (χ2n) is 5.82. The molecule has 0 bridgehead atoms. The van der Waals surface area contributed by atoms with Crippen LogP contribution in [0.25, 0.3) is 0 Å². The second kappa shape index (κ2) is 6.57. The molecular formula is C18H17N2O3S. The molecule has 5 nitrogen and oxygen atoms in total. The van der Waals surface area contributed by atoms with Gasteiger partial charge in [0.1, 0.15) is 5.75 Å². The lowest BCUT2D eigenvalue weighted by molar-refractivity contribution is -0.133. The minimum absolute atomic E-state index is 0.148. The number of rotatable bonds is 5. The molecule has 1 radical (unpaired) electrons. The number of fused-ring (bicyclic) bond motifs is 2. The number of hydrogen-bond donors (Lipinski definition) is 2. The van der Waals surface area contributed by atoms with Gasteiger partial charge in [0.05, 0.1) is 17.9 Å². The van der Waals surface area contributed by atoms with E-state index >= 15 is 0 Å². The van der Waals surface area contributed by atoms with E-state index in [0.717, 1.165) is 16.3 Å². The molecule has 0 atom stereocenters. The highest BCUT2D eigenvalue weighted by Crippen LogP contribution is 2.45. The Balaban J connectivity index is 1.78. The van der Waals surface area contributed by atoms with E-state index in [9.17, 15) is 9.59 Å². The first-order valence-electron chi connectivity index (χ1n) is 7.50. The number of ether oxygens (including phenoxy) is 1. The third-order valence-electron chi connectivity index (χ3n) is 3.57. The Morgan fingerprint density at radius 3 is 2.75 bits per heavy atom. The SMILES string of the molecule is CC(C)(Oc1ccc2c(c1)Nc1ccccc1S2)C(=O)NC[C]=O. The molecule has 0 saturated carbocycles. The van der Waals surface area contributed by atoms with Crippen LogP contribution in [0.15, 0.2) is 52.3 Å². The van der Waals surface area contributed by atoms with Crippen LogP contribution in [0, 0.1) is 0 Å². The molecule has 0 aromatic heterocycles. The van der Waals surface area contributed by atoms with E-state index in [-0.39, 0.29) is 12.5 Å². The van der Waals surface area contributed by atoms with Gasteiger partial charge in [-0.2, -0.15) is 0 Å². The molecule has 0 fully saturated rings. The molecule has 2 aromatic rings. The fraction of sp³-hybridized carbons (Fsp3) is 0.222. The van der Waals surface area contributed by atoms with Crippen molar-refractivity contribution in [2.45, 2.75) is 29.2 Å². The molecule has 0 unspecified atom stereocenters. The molecule has 24 heavy (non-hydrogen) atoms. The third kappa shape index (κ3) is 3.38. The van der Waals surface area contributed by atoms with Crippen molar-refractivity contribution in [2.75, 3.05) is 11.9 Å². The Hall–Kier alpha value is -2.47. The van der Waals surface area contributed by atoms with Gasteiger partial charge in [-0.1, -0.05) is 23.9 Å². The van der Waals surface area contributed by atoms with Gasteiger partial charge in [-0.05, 0) is 38.1 Å². The summed E-state index contributed by atoms with van der Waals surface area (Å²) in [4.78, 5) is 24.6. The van der Waals surface area contributed by atoms with E-state index < -0.39 is 5.60 Å². The van der Waals surface area contributed by atoms with E-state index in [0.29, 0.717) is 5.75 Å². The highest BCUT2D eigenvalue weighted by molar-refractivity contribution is 7.99. The first-order valence-corrected chi connectivity index (χ1v) is 8.31. The summed E-state index contributed by atoms with van der Waals surface area (Å²) < 4.78 is 5.82. The van der Waals surface area contributed by atoms with Gasteiger partial charge in [0.2, 0.25) is 6.29 Å². The van der Waals surface area contributed by atoms with E-state index in [4.69, 9.17) is 4.74 Å². The Bertz CT molecular complexity index is 790. The van der Waals surface area contributed by atoms with Crippen LogP contribution >= 0.6 is 11.8 Å². The van der Waals surface area contributed by atoms with Gasteiger partial charge >= 0.3 is 0 Å². The maximum atomic E-state index is 12.0. The summed E-state index contributed by atoms with van der Waals surface area (Å²) in [6, 6.07) is 13.8. The maximum Gasteiger partial charge on any atom is 0.263 e. The largest absolute Gasteiger partial charge is 0.478 e. The summed E-state index contributed by atoms with van der Waals surface area (Å²) in [6.45, 7) is 3.17. The van der Waals surface area contributed by atoms with Crippen molar-refractivity contribution in [3.8, 4) is 5.75 Å². The standard InChI is InChI=1S/C18H17N2O3S/c1-18(2,17(22)19-9-10-21)23-12-7-8-16-14(11-12)20-13-5-3-4-6-15(13)24-16/h3-8,11,20H,9H2,1-2H3,(H,19,22). The average Bonchev–Trinajstić information content (AvgIpc) is 2.57. The predicted octanol–water partition coefficient (Wildman–Crippen LogP) is 3.28. The zero-order valence-electron chi connectivity index (χ0n) is 13.4. The van der Waals surface area contributed by atoms with E-state index in [1.54, 1.807) is 31.9 Å². The topological polar surface area (TPSA) is 67.4 Å². The minimum atomic E-state index is -1.09. The molecule has 0 aliphatic carbocycles. The summed E-state index contributed by atoms with van der Waals surface area (Å²) in [7, 11) is 0. The summed E-state index contributed by atoms with van der Waals surface area (Å²) in [5.74, 6) is 0.215. The van der Waals surface area contributed by atoms with Crippen LogP contribution in [-0.4, -0.2) is 24.3 Å². The molecule has 0 saturated heterocycles. The molecular weight excluding hydrogens is 324 g/mol. The van der Waals surface area contributed by atoms with E-state index in [2.05, 4.69) is 16.7 Å². The van der Waals surface area contributed by atoms with E-state index in [1.807, 2.05) is 36.4 Å². The number of nitrogens with one attached hydrogen (secondary N) is 2. The average molecular weight is 341 g/mol. The highest BCUT2D eigenvalue weighted by Gasteiger charge is 2.30. The number of para-hydroxylation sites is 1. The summed E-state index contributed by atoms with van der Waals surface area (Å²) in [5, 5.41) is 5.84. The third-order valence-corrected chi connectivity index (χ3v) is 4.72. The molecule has 2 aromatic carbocycles. The molecule has 1 amide bonds. The number of amides is 1. The van der Waals surface area contributed by atoms with Gasteiger partial charge in [0.25, 0.3) is 5.91 Å². The zero-order valence-corrected chi connectivity index (χ0v) is 14.2. The smallest absolute Gasteiger partial charge is 0.263 e. The first kappa shape index (κ1) is 16.4.